The Bertz CT molecular complexity index is 9970. The molecule has 145 heavy (non-hydrogen) atoms. The first-order chi connectivity index (χ1) is 71.7. The van der Waals surface area contributed by atoms with Crippen molar-refractivity contribution in [3.05, 3.63) is 397 Å². The Morgan fingerprint density at radius 2 is 0.552 bits per heavy atom. The maximum absolute atomic E-state index is 7.83. The van der Waals surface area contributed by atoms with Gasteiger partial charge in [-0.25, -0.2) is 0 Å². The van der Waals surface area contributed by atoms with Gasteiger partial charge in [0.1, 0.15) is 44.7 Å². The molecule has 0 N–H and O–H groups in total. The monoisotopic (exact) mass is 1870 g/mol. The van der Waals surface area contributed by atoms with E-state index in [0.29, 0.717) is 23.7 Å². The first-order valence-electron chi connectivity index (χ1n) is 52.6. The van der Waals surface area contributed by atoms with Crippen LogP contribution >= 0.6 is 0 Å². The number of rotatable bonds is 15. The fourth-order valence-electron chi connectivity index (χ4n) is 28.3. The third-order valence-electron chi connectivity index (χ3n) is 34.5. The number of para-hydroxylation sites is 10. The van der Waals surface area contributed by atoms with Gasteiger partial charge in [0, 0.05) is 133 Å². The van der Waals surface area contributed by atoms with Crippen molar-refractivity contribution in [3.8, 4) is 11.1 Å². The number of hydrogen-bond donors (Lipinski definition) is 0. The molecule has 4 aliphatic carbocycles. The predicted molar refractivity (Wildman–Crippen MR) is 601 cm³/mol. The molecule has 0 spiro atoms. The van der Waals surface area contributed by atoms with E-state index < -0.39 is 0 Å². The van der Waals surface area contributed by atoms with Crippen molar-refractivity contribution in [3.63, 3.8) is 0 Å². The third kappa shape index (κ3) is 12.4. The van der Waals surface area contributed by atoms with E-state index in [4.69, 9.17) is 26.5 Å². The van der Waals surface area contributed by atoms with Crippen LogP contribution in [0.15, 0.2) is 384 Å². The second-order valence-corrected chi connectivity index (χ2v) is 42.3. The Morgan fingerprint density at radius 3 is 1.03 bits per heavy atom. The lowest BCUT2D eigenvalue weighted by Gasteiger charge is -2.33. The molecule has 6 aromatic heterocycles. The van der Waals surface area contributed by atoms with Gasteiger partial charge in [0.25, 0.3) is 0 Å². The minimum atomic E-state index is 0.271. The van der Waals surface area contributed by atoms with Crippen LogP contribution in [-0.4, -0.2) is 0 Å². The zero-order chi connectivity index (χ0) is 95.2. The van der Waals surface area contributed by atoms with Crippen LogP contribution in [0.3, 0.4) is 0 Å². The molecule has 31 rings (SSSR count). The summed E-state index contributed by atoms with van der Waals surface area (Å²) >= 11 is 0. The molecule has 5 aliphatic rings. The summed E-state index contributed by atoms with van der Waals surface area (Å²) in [5.74, 6) is 2.34. The van der Waals surface area contributed by atoms with Gasteiger partial charge in [0.2, 0.25) is 0 Å². The van der Waals surface area contributed by atoms with Gasteiger partial charge in [0.05, 0.1) is 51.2 Å². The molecular formula is C135H102N4O6. The SMILES string of the molecule is Cc1cccc(N(c2cc3oc4cc(N(c5cccc(C)c5)c5cccc6c5oc5c(C7CCCC7C7CCCC7c7cccc8c7oc7c(N(c9ccccc9C)c9cc%10oc%11cc%12c%13c(cccc%13c%11c%10c%10ccccc9%10)-c9ccccc9N%12c9cccc%10c9oc9c(C%11CCCC%11)cccc9%10)cccc78)cccc56)c5ccccc5c4c3c3ccccc23)c2cccc3c2oc2c(C4CCCC4)cccc23)c1. The number of furan rings is 6. The van der Waals surface area contributed by atoms with Crippen LogP contribution in [0.2, 0.25) is 0 Å². The van der Waals surface area contributed by atoms with Gasteiger partial charge in [-0.2, -0.15) is 0 Å². The summed E-state index contributed by atoms with van der Waals surface area (Å²) in [5.41, 5.74) is 34.1. The number of fused-ring (bicyclic) bond motifs is 27. The van der Waals surface area contributed by atoms with Gasteiger partial charge < -0.3 is 46.1 Å². The smallest absolute Gasteiger partial charge is 0.159 e. The predicted octanol–water partition coefficient (Wildman–Crippen LogP) is 40.3. The molecule has 10 nitrogen and oxygen atoms in total. The Morgan fingerprint density at radius 1 is 0.214 bits per heavy atom. The maximum atomic E-state index is 7.83. The molecule has 20 aromatic carbocycles. The standard InChI is InChI=1S/C135H102N4O6/c1-77-31-18-38-82(71-77)136(111-67-27-60-104-100-56-20-47-84(80-34-5-6-35-80)128(100)142-132(104)111)115-73-119-124(95-44-12-9-41-91(95)115)125-96-45-13-10-42-92(96)116(74-120(125)140-119)137(83-39-19-32-78(2)72-83)112-68-28-61-106-102-58-25-54-98(130(102)144-133(106)112)88-51-22-49-86(88)87-50-23-52-89(87)99-55-26-59-103-107-63-29-69-113(134(107)145-131(99)103)138(109-65-16-4-33-79(109)3)117-75-121-126(97-46-14-11-43-93(97)117)127-108-64-24-53-94-90-40-15-17-66-110(90)139(118(123(94)108)76-122(127)141-121)114-70-30-62-105-101-57-21-48-85(81-36-7-8-37-81)129(101)143-135(105)114/h4,9-21,24-33,38-48,53-76,80-81,86-89H,5-8,22-23,34-37,49-52H2,1-3H3. The molecule has 4 unspecified atom stereocenters. The van der Waals surface area contributed by atoms with Crippen molar-refractivity contribution in [2.24, 2.45) is 11.8 Å². The van der Waals surface area contributed by atoms with E-state index in [2.05, 4.69) is 398 Å². The molecule has 0 saturated heterocycles. The number of benzene rings is 20. The summed E-state index contributed by atoms with van der Waals surface area (Å²) in [6.45, 7) is 6.61. The lowest BCUT2D eigenvalue weighted by atomic mass is 9.73. The van der Waals surface area contributed by atoms with Gasteiger partial charge in [0.15, 0.2) is 22.3 Å². The fourth-order valence-corrected chi connectivity index (χ4v) is 28.3. The highest BCUT2D eigenvalue weighted by Gasteiger charge is 2.45. The van der Waals surface area contributed by atoms with Crippen LogP contribution in [0.25, 0.3) is 186 Å². The Balaban J connectivity index is 0.513. The summed E-state index contributed by atoms with van der Waals surface area (Å²) in [5, 5.41) is 22.4. The van der Waals surface area contributed by atoms with Crippen molar-refractivity contribution in [1.82, 2.24) is 0 Å². The van der Waals surface area contributed by atoms with Crippen molar-refractivity contribution >= 4 is 243 Å². The number of aryl methyl sites for hydroxylation is 3. The molecule has 0 bridgehead atoms. The van der Waals surface area contributed by atoms with Gasteiger partial charge in [-0.3, -0.25) is 0 Å². The minimum Gasteiger partial charge on any atom is -0.456 e. The summed E-state index contributed by atoms with van der Waals surface area (Å²) in [4.78, 5) is 9.78. The summed E-state index contributed by atoms with van der Waals surface area (Å²) in [6.07, 6.45) is 16.6. The lowest BCUT2D eigenvalue weighted by Crippen LogP contribution is -2.21. The molecule has 7 heterocycles. The molecule has 4 atom stereocenters. The Labute approximate surface area is 837 Å². The number of nitrogens with zero attached hydrogens (tertiary/aromatic N) is 4. The first-order valence-corrected chi connectivity index (χ1v) is 52.6. The minimum absolute atomic E-state index is 0.271. The van der Waals surface area contributed by atoms with E-state index in [9.17, 15) is 0 Å². The van der Waals surface area contributed by atoms with E-state index in [1.807, 2.05) is 0 Å². The van der Waals surface area contributed by atoms with E-state index in [0.717, 1.165) is 282 Å². The van der Waals surface area contributed by atoms with Crippen LogP contribution in [0.4, 0.5) is 68.2 Å². The Hall–Kier alpha value is -16.6. The molecule has 4 fully saturated rings. The molecule has 26 aromatic rings. The fraction of sp³-hybridized carbons (Fsp3) is 0.170. The highest BCUT2D eigenvalue weighted by molar-refractivity contribution is 6.35. The normalized spacial score (nSPS) is 16.9. The summed E-state index contributed by atoms with van der Waals surface area (Å²) < 4.78 is 45.5. The highest BCUT2D eigenvalue weighted by atomic mass is 16.4. The molecule has 0 radical (unpaired) electrons. The number of anilines is 12. The first kappa shape index (κ1) is 83.1. The average molecular weight is 1880 g/mol. The summed E-state index contributed by atoms with van der Waals surface area (Å²) in [7, 11) is 0. The van der Waals surface area contributed by atoms with Gasteiger partial charge in [-0.15, -0.1) is 0 Å². The lowest BCUT2D eigenvalue weighted by molar-refractivity contribution is 0.289. The van der Waals surface area contributed by atoms with Gasteiger partial charge >= 0.3 is 0 Å². The second kappa shape index (κ2) is 32.2. The van der Waals surface area contributed by atoms with Crippen molar-refractivity contribution in [1.29, 1.82) is 0 Å². The average Bonchev–Trinajstić information content (AvgIpc) is 1.60. The Kier molecular flexibility index (Phi) is 18.5. The maximum Gasteiger partial charge on any atom is 0.159 e. The largest absolute Gasteiger partial charge is 0.456 e. The zero-order valence-electron chi connectivity index (χ0n) is 81.2. The third-order valence-corrected chi connectivity index (χ3v) is 34.5. The van der Waals surface area contributed by atoms with E-state index >= 15 is 0 Å². The molecular weight excluding hydrogens is 1770 g/mol. The molecule has 698 valence electrons. The van der Waals surface area contributed by atoms with Gasteiger partial charge in [-0.1, -0.05) is 312 Å². The van der Waals surface area contributed by atoms with Crippen LogP contribution in [0, 0.1) is 32.6 Å². The van der Waals surface area contributed by atoms with Crippen LogP contribution in [-0.2, 0) is 0 Å². The molecule has 4 saturated carbocycles. The topological polar surface area (TPSA) is 91.8 Å². The molecule has 10 heteroatoms. The van der Waals surface area contributed by atoms with Crippen molar-refractivity contribution < 1.29 is 26.5 Å². The summed E-state index contributed by atoms with van der Waals surface area (Å²) in [6, 6.07) is 133. The van der Waals surface area contributed by atoms with Crippen LogP contribution < -0.4 is 19.6 Å². The van der Waals surface area contributed by atoms with Crippen LogP contribution in [0.1, 0.15) is 153 Å². The number of hydrogen-bond acceptors (Lipinski definition) is 10. The van der Waals surface area contributed by atoms with Gasteiger partial charge in [-0.05, 0) is 234 Å². The van der Waals surface area contributed by atoms with Crippen molar-refractivity contribution in [2.75, 3.05) is 19.6 Å². The molecule has 1 aliphatic heterocycles. The van der Waals surface area contributed by atoms with E-state index in [-0.39, 0.29) is 11.8 Å². The quantitative estimate of drug-likeness (QED) is 0.0988. The van der Waals surface area contributed by atoms with Crippen LogP contribution in [0.5, 0.6) is 0 Å². The van der Waals surface area contributed by atoms with E-state index in [1.54, 1.807) is 0 Å². The van der Waals surface area contributed by atoms with Crippen molar-refractivity contribution in [2.45, 2.75) is 134 Å². The zero-order valence-corrected chi connectivity index (χ0v) is 81.2. The second-order valence-electron chi connectivity index (χ2n) is 42.3. The molecule has 0 amide bonds. The highest BCUT2D eigenvalue weighted by Crippen LogP contribution is 2.62. The van der Waals surface area contributed by atoms with E-state index in [1.165, 1.54) is 101 Å².